The number of aliphatic hydroxyl groups excluding tert-OH is 1. The maximum Gasteiger partial charge on any atom is 0.272 e. The molecule has 0 radical (unpaired) electrons. The number of aromatic nitrogens is 2. The second-order valence-electron chi connectivity index (χ2n) is 7.86. The molecule has 0 aromatic carbocycles. The van der Waals surface area contributed by atoms with E-state index >= 15 is 0 Å². The fraction of sp³-hybridized carbons (Fsp3) is 0.579. The number of thiophene rings is 1. The van der Waals surface area contributed by atoms with Gasteiger partial charge in [-0.15, -0.1) is 11.3 Å². The van der Waals surface area contributed by atoms with Crippen LogP contribution in [0.5, 0.6) is 0 Å². The molecule has 6 nitrogen and oxygen atoms in total. The van der Waals surface area contributed by atoms with Crippen molar-refractivity contribution >= 4 is 17.2 Å². The number of likely N-dealkylation sites (N-methyl/N-ethyl adjacent to an activating group) is 1. The van der Waals surface area contributed by atoms with Crippen molar-refractivity contribution in [2.75, 3.05) is 33.2 Å². The third-order valence-electron chi connectivity index (χ3n) is 5.78. The summed E-state index contributed by atoms with van der Waals surface area (Å²) in [5.41, 5.74) is 1.65. The second-order valence-corrected chi connectivity index (χ2v) is 8.81. The standard InChI is InChI=1S/C19H26N4O2S/c1-21-12-14(24)11-19(13-21)5-7-23(8-6-19)18(25)16-10-15(20-22(16)2)17-4-3-9-26-17/h3-4,9-10,14,24H,5-8,11-13H2,1-2H3. The Morgan fingerprint density at radius 3 is 2.77 bits per heavy atom. The van der Waals surface area contributed by atoms with E-state index in [4.69, 9.17) is 0 Å². The number of amides is 1. The highest BCUT2D eigenvalue weighted by Gasteiger charge is 2.41. The van der Waals surface area contributed by atoms with Crippen LogP contribution >= 0.6 is 11.3 Å². The zero-order valence-electron chi connectivity index (χ0n) is 15.4. The molecule has 2 fully saturated rings. The Bertz CT molecular complexity index is 766. The van der Waals surface area contributed by atoms with E-state index in [1.54, 1.807) is 16.0 Å². The number of carbonyl (C=O) groups excluding carboxylic acids is 1. The molecule has 2 saturated heterocycles. The molecule has 1 N–H and O–H groups in total. The average molecular weight is 375 g/mol. The smallest absolute Gasteiger partial charge is 0.272 e. The van der Waals surface area contributed by atoms with Crippen molar-refractivity contribution < 1.29 is 9.90 Å². The number of aliphatic hydroxyl groups is 1. The molecular formula is C19H26N4O2S. The molecule has 140 valence electrons. The number of piperidine rings is 2. The summed E-state index contributed by atoms with van der Waals surface area (Å²) in [5.74, 6) is 0.0577. The highest BCUT2D eigenvalue weighted by atomic mass is 32.1. The van der Waals surface area contributed by atoms with Gasteiger partial charge in [0.25, 0.3) is 5.91 Å². The molecule has 2 aliphatic rings. The third-order valence-corrected chi connectivity index (χ3v) is 6.67. The van der Waals surface area contributed by atoms with Crippen molar-refractivity contribution in [2.45, 2.75) is 25.4 Å². The van der Waals surface area contributed by atoms with E-state index < -0.39 is 0 Å². The molecule has 1 amide bonds. The first-order valence-corrected chi connectivity index (χ1v) is 10.1. The zero-order chi connectivity index (χ0) is 18.3. The molecular weight excluding hydrogens is 348 g/mol. The molecule has 4 rings (SSSR count). The van der Waals surface area contributed by atoms with Crippen LogP contribution in [-0.4, -0.2) is 69.9 Å². The molecule has 0 bridgehead atoms. The van der Waals surface area contributed by atoms with Gasteiger partial charge in [-0.05, 0) is 49.2 Å². The van der Waals surface area contributed by atoms with E-state index in [2.05, 4.69) is 17.0 Å². The molecule has 2 aliphatic heterocycles. The maximum absolute atomic E-state index is 13.0. The Morgan fingerprint density at radius 1 is 1.35 bits per heavy atom. The van der Waals surface area contributed by atoms with E-state index in [1.165, 1.54) is 0 Å². The molecule has 0 saturated carbocycles. The number of nitrogens with zero attached hydrogens (tertiary/aromatic N) is 4. The van der Waals surface area contributed by atoms with Crippen molar-refractivity contribution in [3.05, 3.63) is 29.3 Å². The molecule has 1 unspecified atom stereocenters. The summed E-state index contributed by atoms with van der Waals surface area (Å²) in [6.07, 6.45) is 2.51. The van der Waals surface area contributed by atoms with Gasteiger partial charge in [0.05, 0.1) is 11.0 Å². The van der Waals surface area contributed by atoms with Gasteiger partial charge in [0.2, 0.25) is 0 Å². The fourth-order valence-electron chi connectivity index (χ4n) is 4.55. The van der Waals surface area contributed by atoms with Crippen LogP contribution in [-0.2, 0) is 7.05 Å². The van der Waals surface area contributed by atoms with Crippen molar-refractivity contribution in [2.24, 2.45) is 12.5 Å². The molecule has 26 heavy (non-hydrogen) atoms. The lowest BCUT2D eigenvalue weighted by Crippen LogP contribution is -2.53. The minimum absolute atomic E-state index is 0.0577. The quantitative estimate of drug-likeness (QED) is 0.874. The van der Waals surface area contributed by atoms with E-state index in [9.17, 15) is 9.90 Å². The monoisotopic (exact) mass is 374 g/mol. The van der Waals surface area contributed by atoms with Crippen LogP contribution in [0.15, 0.2) is 23.6 Å². The normalized spacial score (nSPS) is 23.5. The summed E-state index contributed by atoms with van der Waals surface area (Å²) >= 11 is 1.63. The van der Waals surface area contributed by atoms with Crippen molar-refractivity contribution in [3.8, 4) is 10.6 Å². The van der Waals surface area contributed by atoms with Gasteiger partial charge in [-0.2, -0.15) is 5.10 Å². The lowest BCUT2D eigenvalue weighted by atomic mass is 9.71. The summed E-state index contributed by atoms with van der Waals surface area (Å²) in [7, 11) is 3.91. The van der Waals surface area contributed by atoms with Gasteiger partial charge in [-0.3, -0.25) is 9.48 Å². The molecule has 7 heteroatoms. The van der Waals surface area contributed by atoms with E-state index in [1.807, 2.05) is 35.5 Å². The minimum atomic E-state index is -0.249. The van der Waals surface area contributed by atoms with E-state index in [0.29, 0.717) is 5.69 Å². The molecule has 2 aromatic heterocycles. The first-order chi connectivity index (χ1) is 12.5. The number of carbonyl (C=O) groups is 1. The van der Waals surface area contributed by atoms with E-state index in [-0.39, 0.29) is 17.4 Å². The molecule has 1 atom stereocenters. The lowest BCUT2D eigenvalue weighted by Gasteiger charge is -2.48. The van der Waals surface area contributed by atoms with Crippen molar-refractivity contribution in [1.29, 1.82) is 0 Å². The summed E-state index contributed by atoms with van der Waals surface area (Å²) in [5, 5.41) is 16.7. The van der Waals surface area contributed by atoms with Crippen LogP contribution < -0.4 is 0 Å². The molecule has 0 aliphatic carbocycles. The van der Waals surface area contributed by atoms with Gasteiger partial charge in [0.1, 0.15) is 11.4 Å². The van der Waals surface area contributed by atoms with Crippen LogP contribution in [0.2, 0.25) is 0 Å². The number of rotatable bonds is 2. The van der Waals surface area contributed by atoms with Gasteiger partial charge in [-0.25, -0.2) is 0 Å². The van der Waals surface area contributed by atoms with Crippen molar-refractivity contribution in [3.63, 3.8) is 0 Å². The Hall–Kier alpha value is -1.70. The number of likely N-dealkylation sites (tertiary alicyclic amines) is 2. The Labute approximate surface area is 158 Å². The number of aryl methyl sites for hydroxylation is 1. The first-order valence-electron chi connectivity index (χ1n) is 9.20. The number of hydrogen-bond acceptors (Lipinski definition) is 5. The van der Waals surface area contributed by atoms with E-state index in [0.717, 1.165) is 56.0 Å². The Kier molecular flexibility index (Phi) is 4.62. The predicted octanol–water partition coefficient (Wildman–Crippen LogP) is 2.07. The van der Waals surface area contributed by atoms with Crippen LogP contribution in [0, 0.1) is 5.41 Å². The fourth-order valence-corrected chi connectivity index (χ4v) is 5.23. The third kappa shape index (κ3) is 3.31. The number of β-amino-alcohol motifs (C(OH)–C–C–N with tert-alkyl or cyclic N) is 1. The number of hydrogen-bond donors (Lipinski definition) is 1. The first kappa shape index (κ1) is 17.7. The van der Waals surface area contributed by atoms with Gasteiger partial charge >= 0.3 is 0 Å². The molecule has 4 heterocycles. The van der Waals surface area contributed by atoms with Crippen molar-refractivity contribution in [1.82, 2.24) is 19.6 Å². The van der Waals surface area contributed by atoms with Crippen LogP contribution in [0.25, 0.3) is 10.6 Å². The highest BCUT2D eigenvalue weighted by molar-refractivity contribution is 7.13. The summed E-state index contributed by atoms with van der Waals surface area (Å²) in [6.45, 7) is 3.27. The van der Waals surface area contributed by atoms with Gasteiger partial charge in [0, 0.05) is 33.2 Å². The second kappa shape index (κ2) is 6.79. The zero-order valence-corrected chi connectivity index (χ0v) is 16.2. The van der Waals surface area contributed by atoms with Gasteiger partial charge in [-0.1, -0.05) is 6.07 Å². The SMILES string of the molecule is CN1CC(O)CC2(CCN(C(=O)c3cc(-c4cccs4)nn3C)CC2)C1. The lowest BCUT2D eigenvalue weighted by molar-refractivity contribution is -0.0288. The predicted molar refractivity (Wildman–Crippen MR) is 102 cm³/mol. The summed E-state index contributed by atoms with van der Waals surface area (Å²) in [4.78, 5) is 18.3. The van der Waals surface area contributed by atoms with Gasteiger partial charge < -0.3 is 14.9 Å². The topological polar surface area (TPSA) is 61.6 Å². The molecule has 2 aromatic rings. The van der Waals surface area contributed by atoms with Crippen LogP contribution in [0.1, 0.15) is 29.8 Å². The maximum atomic E-state index is 13.0. The highest BCUT2D eigenvalue weighted by Crippen LogP contribution is 2.39. The summed E-state index contributed by atoms with van der Waals surface area (Å²) in [6, 6.07) is 5.92. The molecule has 1 spiro atoms. The van der Waals surface area contributed by atoms with Gasteiger partial charge in [0.15, 0.2) is 0 Å². The largest absolute Gasteiger partial charge is 0.392 e. The Balaban J connectivity index is 1.46. The average Bonchev–Trinajstić information content (AvgIpc) is 3.23. The van der Waals surface area contributed by atoms with Crippen LogP contribution in [0.3, 0.4) is 0 Å². The minimum Gasteiger partial charge on any atom is -0.392 e. The van der Waals surface area contributed by atoms with Crippen LogP contribution in [0.4, 0.5) is 0 Å². The summed E-state index contributed by atoms with van der Waals surface area (Å²) < 4.78 is 1.69. The Morgan fingerprint density at radius 2 is 2.12 bits per heavy atom.